The van der Waals surface area contributed by atoms with Gasteiger partial charge in [0, 0.05) is 60.1 Å². The number of carbonyl (C=O) groups excluding carboxylic acids is 1. The van der Waals surface area contributed by atoms with Crippen molar-refractivity contribution in [1.29, 1.82) is 0 Å². The fraction of sp³-hybridized carbons (Fsp3) is 0.192. The second kappa shape index (κ2) is 7.86. The molecular formula is C26H24N6O. The van der Waals surface area contributed by atoms with E-state index >= 15 is 0 Å². The lowest BCUT2D eigenvalue weighted by Crippen LogP contribution is -2.44. The van der Waals surface area contributed by atoms with Crippen molar-refractivity contribution in [2.45, 2.75) is 0 Å². The highest BCUT2D eigenvalue weighted by Gasteiger charge is 2.23. The van der Waals surface area contributed by atoms with Crippen molar-refractivity contribution in [3.05, 3.63) is 71.9 Å². The topological polar surface area (TPSA) is 77.1 Å². The van der Waals surface area contributed by atoms with E-state index in [1.54, 1.807) is 0 Å². The standard InChI is InChI=1S/C26H24N6O/c1-31-10-12-32(13-11-31)24-9-7-18(16-27-24)25-20-8-6-17(15-23(20)29-30-25)14-21-19-4-2-3-5-22(19)28-26(21)33/h2-9,14-16H,10-13H2,1H3,(H,28,33)(H,29,30). The van der Waals surface area contributed by atoms with Gasteiger partial charge in [-0.25, -0.2) is 4.98 Å². The molecule has 2 aliphatic heterocycles. The Morgan fingerprint density at radius 1 is 1.00 bits per heavy atom. The van der Waals surface area contributed by atoms with Gasteiger partial charge >= 0.3 is 0 Å². The lowest BCUT2D eigenvalue weighted by molar-refractivity contribution is -0.110. The molecule has 164 valence electrons. The minimum absolute atomic E-state index is 0.0758. The van der Waals surface area contributed by atoms with Crippen LogP contribution < -0.4 is 10.2 Å². The summed E-state index contributed by atoms with van der Waals surface area (Å²) >= 11 is 0. The van der Waals surface area contributed by atoms with Crippen LogP contribution in [0.2, 0.25) is 0 Å². The van der Waals surface area contributed by atoms with Gasteiger partial charge in [-0.3, -0.25) is 9.89 Å². The SMILES string of the molecule is CN1CCN(c2ccc(-c3n[nH]c4cc(C=C5C(=O)Nc6ccccc65)ccc34)cn2)CC1. The number of aromatic amines is 1. The Bertz CT molecular complexity index is 1380. The zero-order chi connectivity index (χ0) is 22.4. The summed E-state index contributed by atoms with van der Waals surface area (Å²) in [5.74, 6) is 0.934. The maximum atomic E-state index is 12.4. The van der Waals surface area contributed by atoms with Gasteiger partial charge in [-0.2, -0.15) is 5.10 Å². The van der Waals surface area contributed by atoms with Gasteiger partial charge in [-0.1, -0.05) is 24.3 Å². The lowest BCUT2D eigenvalue weighted by atomic mass is 10.0. The molecular weight excluding hydrogens is 412 g/mol. The molecule has 0 radical (unpaired) electrons. The minimum Gasteiger partial charge on any atom is -0.354 e. The first-order valence-corrected chi connectivity index (χ1v) is 11.2. The van der Waals surface area contributed by atoms with Crippen LogP contribution in [-0.2, 0) is 4.79 Å². The number of anilines is 2. The van der Waals surface area contributed by atoms with Crippen LogP contribution in [0.5, 0.6) is 0 Å². The molecule has 0 spiro atoms. The van der Waals surface area contributed by atoms with Crippen LogP contribution in [0.4, 0.5) is 11.5 Å². The van der Waals surface area contributed by atoms with E-state index in [0.717, 1.165) is 71.0 Å². The first-order valence-electron chi connectivity index (χ1n) is 11.2. The second-order valence-electron chi connectivity index (χ2n) is 8.63. The molecule has 33 heavy (non-hydrogen) atoms. The minimum atomic E-state index is -0.0758. The van der Waals surface area contributed by atoms with Gasteiger partial charge in [-0.15, -0.1) is 0 Å². The van der Waals surface area contributed by atoms with E-state index in [1.807, 2.05) is 54.7 Å². The average Bonchev–Trinajstić information content (AvgIpc) is 3.40. The van der Waals surface area contributed by atoms with E-state index in [9.17, 15) is 4.79 Å². The molecule has 7 heteroatoms. The largest absolute Gasteiger partial charge is 0.354 e. The zero-order valence-corrected chi connectivity index (χ0v) is 18.4. The Morgan fingerprint density at radius 2 is 1.85 bits per heavy atom. The van der Waals surface area contributed by atoms with Gasteiger partial charge in [0.25, 0.3) is 5.91 Å². The normalized spacial score (nSPS) is 17.5. The summed E-state index contributed by atoms with van der Waals surface area (Å²) in [5, 5.41) is 11.6. The molecule has 2 aromatic heterocycles. The van der Waals surface area contributed by atoms with Gasteiger partial charge in [0.05, 0.1) is 5.52 Å². The monoisotopic (exact) mass is 436 g/mol. The van der Waals surface area contributed by atoms with Crippen molar-refractivity contribution in [2.75, 3.05) is 43.4 Å². The molecule has 2 aliphatic rings. The van der Waals surface area contributed by atoms with Crippen LogP contribution in [0.1, 0.15) is 11.1 Å². The van der Waals surface area contributed by atoms with E-state index in [2.05, 4.69) is 44.5 Å². The van der Waals surface area contributed by atoms with Gasteiger partial charge in [-0.05, 0) is 49.0 Å². The van der Waals surface area contributed by atoms with E-state index in [1.165, 1.54) is 0 Å². The fourth-order valence-electron chi connectivity index (χ4n) is 4.54. The predicted molar refractivity (Wildman–Crippen MR) is 132 cm³/mol. The smallest absolute Gasteiger partial charge is 0.256 e. The van der Waals surface area contributed by atoms with Crippen LogP contribution in [0.25, 0.3) is 33.8 Å². The number of fused-ring (bicyclic) bond motifs is 2. The third-order valence-corrected chi connectivity index (χ3v) is 6.46. The molecule has 0 atom stereocenters. The van der Waals surface area contributed by atoms with Crippen molar-refractivity contribution in [3.8, 4) is 11.3 Å². The third kappa shape index (κ3) is 3.56. The number of aromatic nitrogens is 3. The number of hydrogen-bond donors (Lipinski definition) is 2. The van der Waals surface area contributed by atoms with Crippen LogP contribution in [0.15, 0.2) is 60.8 Å². The van der Waals surface area contributed by atoms with Crippen molar-refractivity contribution >= 4 is 40.0 Å². The molecule has 4 heterocycles. The summed E-state index contributed by atoms with van der Waals surface area (Å²) in [6.07, 6.45) is 3.83. The molecule has 0 aliphatic carbocycles. The fourth-order valence-corrected chi connectivity index (χ4v) is 4.54. The Labute approximate surface area is 191 Å². The van der Waals surface area contributed by atoms with Crippen molar-refractivity contribution in [1.82, 2.24) is 20.1 Å². The maximum Gasteiger partial charge on any atom is 0.256 e. The molecule has 4 aromatic rings. The molecule has 7 nitrogen and oxygen atoms in total. The number of H-pyrrole nitrogens is 1. The highest BCUT2D eigenvalue weighted by atomic mass is 16.2. The zero-order valence-electron chi connectivity index (χ0n) is 18.4. The number of nitrogens with zero attached hydrogens (tertiary/aromatic N) is 4. The van der Waals surface area contributed by atoms with E-state index in [-0.39, 0.29) is 5.91 Å². The third-order valence-electron chi connectivity index (χ3n) is 6.46. The van der Waals surface area contributed by atoms with E-state index in [4.69, 9.17) is 4.98 Å². The maximum absolute atomic E-state index is 12.4. The number of hydrogen-bond acceptors (Lipinski definition) is 5. The van der Waals surface area contributed by atoms with Crippen LogP contribution >= 0.6 is 0 Å². The summed E-state index contributed by atoms with van der Waals surface area (Å²) in [7, 11) is 2.15. The quantitative estimate of drug-likeness (QED) is 0.477. The number of benzene rings is 2. The first kappa shape index (κ1) is 19.7. The van der Waals surface area contributed by atoms with E-state index in [0.29, 0.717) is 5.57 Å². The summed E-state index contributed by atoms with van der Waals surface area (Å²) in [6.45, 7) is 4.10. The van der Waals surface area contributed by atoms with E-state index < -0.39 is 0 Å². The number of rotatable bonds is 3. The molecule has 0 bridgehead atoms. The van der Waals surface area contributed by atoms with Crippen LogP contribution in [0, 0.1) is 0 Å². The molecule has 2 N–H and O–H groups in total. The van der Waals surface area contributed by atoms with Gasteiger partial charge in [0.2, 0.25) is 0 Å². The van der Waals surface area contributed by atoms with Gasteiger partial charge in [0.15, 0.2) is 0 Å². The highest BCUT2D eigenvalue weighted by Crippen LogP contribution is 2.34. The molecule has 1 saturated heterocycles. The number of carbonyl (C=O) groups is 1. The number of piperazine rings is 1. The van der Waals surface area contributed by atoms with Crippen molar-refractivity contribution < 1.29 is 4.79 Å². The van der Waals surface area contributed by atoms with Crippen molar-refractivity contribution in [2.24, 2.45) is 0 Å². The Morgan fingerprint density at radius 3 is 2.67 bits per heavy atom. The summed E-state index contributed by atoms with van der Waals surface area (Å²) in [5.41, 5.74) is 6.19. The number of para-hydroxylation sites is 1. The van der Waals surface area contributed by atoms with Crippen molar-refractivity contribution in [3.63, 3.8) is 0 Å². The molecule has 6 rings (SSSR count). The Hall–Kier alpha value is -3.97. The van der Waals surface area contributed by atoms with Crippen LogP contribution in [0.3, 0.4) is 0 Å². The lowest BCUT2D eigenvalue weighted by Gasteiger charge is -2.33. The molecule has 0 unspecified atom stereocenters. The van der Waals surface area contributed by atoms with Gasteiger partial charge < -0.3 is 15.1 Å². The molecule has 0 saturated carbocycles. The number of nitrogens with one attached hydrogen (secondary N) is 2. The Kier molecular flexibility index (Phi) is 4.69. The van der Waals surface area contributed by atoms with Gasteiger partial charge in [0.1, 0.15) is 11.5 Å². The first-order chi connectivity index (χ1) is 16.2. The highest BCUT2D eigenvalue weighted by molar-refractivity contribution is 6.34. The van der Waals surface area contributed by atoms with Crippen LogP contribution in [-0.4, -0.2) is 59.2 Å². The molecule has 1 fully saturated rings. The summed E-state index contributed by atoms with van der Waals surface area (Å²) in [6, 6.07) is 18.0. The number of pyridine rings is 1. The average molecular weight is 437 g/mol. The molecule has 1 amide bonds. The predicted octanol–water partition coefficient (Wildman–Crippen LogP) is 3.87. The number of likely N-dealkylation sites (N-methyl/N-ethyl adjacent to an activating group) is 1. The Balaban J connectivity index is 1.28. The second-order valence-corrected chi connectivity index (χ2v) is 8.63. The molecule has 2 aromatic carbocycles. The summed E-state index contributed by atoms with van der Waals surface area (Å²) < 4.78 is 0. The summed E-state index contributed by atoms with van der Waals surface area (Å²) in [4.78, 5) is 21.8. The number of amides is 1.